The normalized spacial score (nSPS) is 30.3. The molecular formula is C26H29ClN2. The summed E-state index contributed by atoms with van der Waals surface area (Å²) in [6.07, 6.45) is 9.77. The van der Waals surface area contributed by atoms with Crippen LogP contribution in [0, 0.1) is 23.7 Å². The third kappa shape index (κ3) is 3.31. The van der Waals surface area contributed by atoms with Crippen LogP contribution in [0.5, 0.6) is 0 Å². The lowest BCUT2D eigenvalue weighted by molar-refractivity contribution is -0.0142. The van der Waals surface area contributed by atoms with Crippen molar-refractivity contribution in [2.75, 3.05) is 0 Å². The molecule has 0 saturated heterocycles. The topological polar surface area (TPSA) is 17.0 Å². The van der Waals surface area contributed by atoms with E-state index in [0.717, 1.165) is 47.8 Å². The van der Waals surface area contributed by atoms with E-state index in [0.29, 0.717) is 0 Å². The predicted octanol–water partition coefficient (Wildman–Crippen LogP) is 6.26. The lowest BCUT2D eigenvalue weighted by Gasteiger charge is -2.54. The van der Waals surface area contributed by atoms with E-state index in [1.54, 1.807) is 0 Å². The minimum Gasteiger partial charge on any atom is -0.343 e. The van der Waals surface area contributed by atoms with Crippen LogP contribution >= 0.6 is 11.6 Å². The Morgan fingerprint density at radius 3 is 2.41 bits per heavy atom. The number of hydrogen-bond donors (Lipinski definition) is 1. The zero-order chi connectivity index (χ0) is 19.4. The molecule has 1 heterocycles. The van der Waals surface area contributed by atoms with Crippen LogP contribution in [0.1, 0.15) is 43.2 Å². The van der Waals surface area contributed by atoms with Crippen LogP contribution in [0.25, 0.3) is 10.9 Å². The van der Waals surface area contributed by atoms with Crippen molar-refractivity contribution in [1.29, 1.82) is 0 Å². The number of rotatable bonds is 5. The summed E-state index contributed by atoms with van der Waals surface area (Å²) in [5.41, 5.74) is 3.99. The zero-order valence-electron chi connectivity index (χ0n) is 16.9. The first-order chi connectivity index (χ1) is 14.2. The summed E-state index contributed by atoms with van der Waals surface area (Å²) >= 11 is 6.21. The lowest BCUT2D eigenvalue weighted by atomic mass is 9.54. The second-order valence-corrected chi connectivity index (χ2v) is 10.2. The van der Waals surface area contributed by atoms with Gasteiger partial charge >= 0.3 is 0 Å². The molecule has 0 spiro atoms. The first-order valence-electron chi connectivity index (χ1n) is 11.3. The van der Waals surface area contributed by atoms with Crippen molar-refractivity contribution < 1.29 is 0 Å². The molecule has 0 amide bonds. The molecule has 1 N–H and O–H groups in total. The van der Waals surface area contributed by atoms with Gasteiger partial charge in [-0.3, -0.25) is 0 Å². The highest BCUT2D eigenvalue weighted by atomic mass is 35.5. The second kappa shape index (κ2) is 7.18. The van der Waals surface area contributed by atoms with E-state index in [9.17, 15) is 0 Å². The molecule has 1 aromatic heterocycles. The van der Waals surface area contributed by atoms with E-state index in [1.165, 1.54) is 54.1 Å². The number of aromatic nitrogens is 1. The van der Waals surface area contributed by atoms with Crippen LogP contribution in [0.2, 0.25) is 5.02 Å². The number of hydrogen-bond acceptors (Lipinski definition) is 1. The maximum absolute atomic E-state index is 6.21. The summed E-state index contributed by atoms with van der Waals surface area (Å²) in [6.45, 7) is 1.84. The molecule has 0 unspecified atom stereocenters. The number of nitrogens with one attached hydrogen (secondary N) is 1. The third-order valence-corrected chi connectivity index (χ3v) is 8.10. The number of para-hydroxylation sites is 1. The molecule has 3 aromatic rings. The van der Waals surface area contributed by atoms with Gasteiger partial charge in [0.2, 0.25) is 0 Å². The molecule has 4 aliphatic rings. The molecule has 4 bridgehead atoms. The number of halogens is 1. The van der Waals surface area contributed by atoms with Crippen molar-refractivity contribution in [2.45, 2.75) is 51.2 Å². The van der Waals surface area contributed by atoms with Gasteiger partial charge in [-0.2, -0.15) is 0 Å². The van der Waals surface area contributed by atoms with Gasteiger partial charge in [-0.1, -0.05) is 41.9 Å². The smallest absolute Gasteiger partial charge is 0.0486 e. The first-order valence-corrected chi connectivity index (χ1v) is 11.7. The maximum Gasteiger partial charge on any atom is 0.0486 e. The summed E-state index contributed by atoms with van der Waals surface area (Å²) in [6, 6.07) is 17.8. The van der Waals surface area contributed by atoms with E-state index in [4.69, 9.17) is 11.6 Å². The molecule has 4 aliphatic carbocycles. The largest absolute Gasteiger partial charge is 0.343 e. The molecule has 150 valence electrons. The van der Waals surface area contributed by atoms with E-state index in [-0.39, 0.29) is 0 Å². The van der Waals surface area contributed by atoms with E-state index >= 15 is 0 Å². The zero-order valence-corrected chi connectivity index (χ0v) is 17.6. The Hall–Kier alpha value is -1.77. The van der Waals surface area contributed by atoms with Crippen molar-refractivity contribution in [2.24, 2.45) is 23.7 Å². The fourth-order valence-corrected chi connectivity index (χ4v) is 7.13. The van der Waals surface area contributed by atoms with Gasteiger partial charge < -0.3 is 9.88 Å². The highest BCUT2D eigenvalue weighted by Gasteiger charge is 2.47. The van der Waals surface area contributed by atoms with Crippen molar-refractivity contribution in [3.05, 3.63) is 70.9 Å². The molecular weight excluding hydrogens is 376 g/mol. The van der Waals surface area contributed by atoms with Crippen LogP contribution in [0.4, 0.5) is 0 Å². The van der Waals surface area contributed by atoms with Crippen molar-refractivity contribution in [1.82, 2.24) is 9.88 Å². The number of fused-ring (bicyclic) bond motifs is 1. The lowest BCUT2D eigenvalue weighted by Crippen LogP contribution is -2.54. The Labute approximate surface area is 178 Å². The summed E-state index contributed by atoms with van der Waals surface area (Å²) < 4.78 is 2.38. The van der Waals surface area contributed by atoms with Gasteiger partial charge in [0.25, 0.3) is 0 Å². The van der Waals surface area contributed by atoms with Crippen LogP contribution in [0.3, 0.4) is 0 Å². The Morgan fingerprint density at radius 1 is 0.897 bits per heavy atom. The van der Waals surface area contributed by atoms with Gasteiger partial charge in [-0.15, -0.1) is 0 Å². The molecule has 0 aliphatic heterocycles. The van der Waals surface area contributed by atoms with Crippen LogP contribution in [0.15, 0.2) is 54.7 Å². The average Bonchev–Trinajstić information content (AvgIpc) is 3.05. The first kappa shape index (κ1) is 18.0. The monoisotopic (exact) mass is 404 g/mol. The highest BCUT2D eigenvalue weighted by molar-refractivity contribution is 6.30. The van der Waals surface area contributed by atoms with Crippen LogP contribution in [-0.4, -0.2) is 10.6 Å². The fourth-order valence-electron chi connectivity index (χ4n) is 6.91. The Bertz CT molecular complexity index is 1010. The molecule has 0 radical (unpaired) electrons. The third-order valence-electron chi connectivity index (χ3n) is 7.87. The van der Waals surface area contributed by atoms with Gasteiger partial charge in [-0.05, 0) is 85.1 Å². The molecule has 2 nitrogen and oxygen atoms in total. The Kier molecular flexibility index (Phi) is 4.46. The van der Waals surface area contributed by atoms with Gasteiger partial charge in [-0.25, -0.2) is 0 Å². The molecule has 4 saturated carbocycles. The van der Waals surface area contributed by atoms with Gasteiger partial charge in [0.15, 0.2) is 0 Å². The molecule has 2 aromatic carbocycles. The molecule has 29 heavy (non-hydrogen) atoms. The average molecular weight is 405 g/mol. The fraction of sp³-hybridized carbons (Fsp3) is 0.462. The standard InChI is InChI=1S/C26H29ClN2/c27-23-5-3-4-17(13-23)15-29-16-22(24-6-1-2-7-25(24)29)14-28-26-20-9-18-8-19(11-20)12-21(26)10-18/h1-7,13,16,18-21,26,28H,8-12,14-15H2. The van der Waals surface area contributed by atoms with Gasteiger partial charge in [0.1, 0.15) is 0 Å². The maximum atomic E-state index is 6.21. The minimum atomic E-state index is 0.734. The SMILES string of the molecule is Clc1cccc(Cn2cc(CNC3C4CC5CC(C4)CC3C5)c3ccccc32)c1. The van der Waals surface area contributed by atoms with Crippen LogP contribution < -0.4 is 5.32 Å². The summed E-state index contributed by atoms with van der Waals surface area (Å²) in [4.78, 5) is 0. The molecule has 0 atom stereocenters. The van der Waals surface area contributed by atoms with Gasteiger partial charge in [0, 0.05) is 41.3 Å². The summed E-state index contributed by atoms with van der Waals surface area (Å²) in [7, 11) is 0. The second-order valence-electron chi connectivity index (χ2n) is 9.77. The Morgan fingerprint density at radius 2 is 1.66 bits per heavy atom. The Balaban J connectivity index is 1.25. The summed E-state index contributed by atoms with van der Waals surface area (Å²) in [5.74, 6) is 3.92. The number of nitrogens with zero attached hydrogens (tertiary/aromatic N) is 1. The number of benzene rings is 2. The van der Waals surface area contributed by atoms with Gasteiger partial charge in [0.05, 0.1) is 0 Å². The molecule has 7 rings (SSSR count). The van der Waals surface area contributed by atoms with E-state index in [2.05, 4.69) is 52.5 Å². The van der Waals surface area contributed by atoms with Crippen molar-refractivity contribution >= 4 is 22.5 Å². The summed E-state index contributed by atoms with van der Waals surface area (Å²) in [5, 5.41) is 6.21. The van der Waals surface area contributed by atoms with Crippen molar-refractivity contribution in [3.63, 3.8) is 0 Å². The molecule has 3 heteroatoms. The highest BCUT2D eigenvalue weighted by Crippen LogP contribution is 2.53. The van der Waals surface area contributed by atoms with Crippen molar-refractivity contribution in [3.8, 4) is 0 Å². The molecule has 4 fully saturated rings. The predicted molar refractivity (Wildman–Crippen MR) is 120 cm³/mol. The van der Waals surface area contributed by atoms with E-state index < -0.39 is 0 Å². The minimum absolute atomic E-state index is 0.734. The van der Waals surface area contributed by atoms with E-state index in [1.807, 2.05) is 12.1 Å². The van der Waals surface area contributed by atoms with Crippen LogP contribution in [-0.2, 0) is 13.1 Å². The quantitative estimate of drug-likeness (QED) is 0.531.